The van der Waals surface area contributed by atoms with E-state index in [9.17, 15) is 4.79 Å². The Kier molecular flexibility index (Phi) is 10.4. The monoisotopic (exact) mass is 359 g/mol. The smallest absolute Gasteiger partial charge is 0.222 e. The third-order valence-electron chi connectivity index (χ3n) is 4.71. The van der Waals surface area contributed by atoms with E-state index in [0.29, 0.717) is 16.7 Å². The van der Waals surface area contributed by atoms with E-state index in [1.807, 2.05) is 0 Å². The van der Waals surface area contributed by atoms with E-state index in [0.717, 1.165) is 32.4 Å². The van der Waals surface area contributed by atoms with Crippen molar-refractivity contribution in [1.82, 2.24) is 4.90 Å². The summed E-state index contributed by atoms with van der Waals surface area (Å²) in [5.74, 6) is 1.07. The predicted molar refractivity (Wildman–Crippen MR) is 94.9 cm³/mol. The van der Waals surface area contributed by atoms with Crippen molar-refractivity contribution in [2.75, 3.05) is 13.1 Å². The zero-order chi connectivity index (χ0) is 15.5. The number of rotatable bonds is 10. The Labute approximate surface area is 140 Å². The van der Waals surface area contributed by atoms with Gasteiger partial charge < -0.3 is 4.90 Å². The number of alkyl halides is 1. The predicted octanol–water partition coefficient (Wildman–Crippen LogP) is 5.54. The van der Waals surface area contributed by atoms with Crippen LogP contribution in [0.5, 0.6) is 0 Å². The average Bonchev–Trinajstić information content (AvgIpc) is 2.48. The molecule has 0 radical (unpaired) electrons. The Morgan fingerprint density at radius 1 is 1.05 bits per heavy atom. The van der Waals surface area contributed by atoms with E-state index in [-0.39, 0.29) is 0 Å². The van der Waals surface area contributed by atoms with Crippen LogP contribution in [0.25, 0.3) is 0 Å². The number of unbranched alkanes of at least 4 members (excludes halogenated alkanes) is 8. The number of halogens is 1. The third kappa shape index (κ3) is 8.23. The molecule has 124 valence electrons. The van der Waals surface area contributed by atoms with Crippen LogP contribution in [0.4, 0.5) is 0 Å². The largest absolute Gasteiger partial charge is 0.342 e. The van der Waals surface area contributed by atoms with Gasteiger partial charge in [0, 0.05) is 24.3 Å². The fourth-order valence-corrected chi connectivity index (χ4v) is 3.61. The molecule has 1 heterocycles. The van der Waals surface area contributed by atoms with Crippen LogP contribution in [0.2, 0.25) is 0 Å². The lowest BCUT2D eigenvalue weighted by Crippen LogP contribution is -2.43. The maximum absolute atomic E-state index is 12.2. The van der Waals surface area contributed by atoms with Crippen molar-refractivity contribution in [2.24, 2.45) is 5.92 Å². The summed E-state index contributed by atoms with van der Waals surface area (Å²) in [5.41, 5.74) is 0. The van der Waals surface area contributed by atoms with Gasteiger partial charge in [-0.2, -0.15) is 0 Å². The minimum Gasteiger partial charge on any atom is -0.342 e. The first-order valence-corrected chi connectivity index (χ1v) is 9.98. The summed E-state index contributed by atoms with van der Waals surface area (Å²) >= 11 is 3.70. The molecule has 2 atom stereocenters. The molecule has 1 rings (SSSR count). The van der Waals surface area contributed by atoms with Gasteiger partial charge in [-0.25, -0.2) is 0 Å². The van der Waals surface area contributed by atoms with Crippen molar-refractivity contribution in [3.8, 4) is 0 Å². The molecule has 1 aliphatic rings. The van der Waals surface area contributed by atoms with Gasteiger partial charge in [-0.3, -0.25) is 4.79 Å². The molecule has 0 saturated carbocycles. The van der Waals surface area contributed by atoms with Crippen molar-refractivity contribution in [2.45, 2.75) is 89.3 Å². The highest BCUT2D eigenvalue weighted by Crippen LogP contribution is 2.24. The van der Waals surface area contributed by atoms with Gasteiger partial charge in [-0.05, 0) is 18.8 Å². The first-order valence-electron chi connectivity index (χ1n) is 9.07. The standard InChI is InChI=1S/C18H34BrNO/c1-3-4-5-6-7-8-9-10-11-12-18(21)20-14-13-16(2)17(19)15-20/h16-17H,3-15H2,1-2H3. The molecule has 0 aliphatic carbocycles. The van der Waals surface area contributed by atoms with Crippen LogP contribution in [0, 0.1) is 5.92 Å². The number of nitrogens with zero attached hydrogens (tertiary/aromatic N) is 1. The van der Waals surface area contributed by atoms with Crippen molar-refractivity contribution in [3.05, 3.63) is 0 Å². The maximum atomic E-state index is 12.2. The second-order valence-electron chi connectivity index (χ2n) is 6.70. The highest BCUT2D eigenvalue weighted by molar-refractivity contribution is 9.09. The lowest BCUT2D eigenvalue weighted by Gasteiger charge is -2.34. The highest BCUT2D eigenvalue weighted by atomic mass is 79.9. The summed E-state index contributed by atoms with van der Waals surface area (Å²) in [4.78, 5) is 14.7. The topological polar surface area (TPSA) is 20.3 Å². The summed E-state index contributed by atoms with van der Waals surface area (Å²) in [6.45, 7) is 6.39. The van der Waals surface area contributed by atoms with E-state index >= 15 is 0 Å². The van der Waals surface area contributed by atoms with Crippen LogP contribution in [-0.2, 0) is 4.79 Å². The van der Waals surface area contributed by atoms with Crippen LogP contribution in [0.15, 0.2) is 0 Å². The van der Waals surface area contributed by atoms with Gasteiger partial charge in [0.1, 0.15) is 0 Å². The molecule has 1 amide bonds. The number of piperidine rings is 1. The van der Waals surface area contributed by atoms with Crippen molar-refractivity contribution >= 4 is 21.8 Å². The van der Waals surface area contributed by atoms with Crippen molar-refractivity contribution in [1.29, 1.82) is 0 Å². The Bertz CT molecular complexity index is 282. The Morgan fingerprint density at radius 3 is 2.19 bits per heavy atom. The summed E-state index contributed by atoms with van der Waals surface area (Å²) in [6.07, 6.45) is 13.7. The van der Waals surface area contributed by atoms with Gasteiger partial charge >= 0.3 is 0 Å². The quantitative estimate of drug-likeness (QED) is 0.370. The van der Waals surface area contributed by atoms with Gasteiger partial charge in [-0.1, -0.05) is 81.1 Å². The van der Waals surface area contributed by atoms with Crippen molar-refractivity contribution in [3.63, 3.8) is 0 Å². The van der Waals surface area contributed by atoms with Crippen LogP contribution < -0.4 is 0 Å². The van der Waals surface area contributed by atoms with Gasteiger partial charge in [0.05, 0.1) is 0 Å². The molecular weight excluding hydrogens is 326 g/mol. The van der Waals surface area contributed by atoms with E-state index < -0.39 is 0 Å². The third-order valence-corrected chi connectivity index (χ3v) is 5.91. The number of hydrogen-bond donors (Lipinski definition) is 0. The van der Waals surface area contributed by atoms with Gasteiger partial charge in [-0.15, -0.1) is 0 Å². The van der Waals surface area contributed by atoms with E-state index in [1.165, 1.54) is 51.4 Å². The first-order chi connectivity index (χ1) is 10.1. The summed E-state index contributed by atoms with van der Waals surface area (Å²) in [6, 6.07) is 0. The minimum absolute atomic E-state index is 0.370. The van der Waals surface area contributed by atoms with Crippen LogP contribution in [0.1, 0.15) is 84.5 Å². The van der Waals surface area contributed by atoms with Gasteiger partial charge in [0.15, 0.2) is 0 Å². The minimum atomic E-state index is 0.370. The molecule has 0 aromatic heterocycles. The van der Waals surface area contributed by atoms with E-state index in [1.54, 1.807) is 0 Å². The number of carbonyl (C=O) groups excluding carboxylic acids is 1. The fourth-order valence-electron chi connectivity index (χ4n) is 2.99. The van der Waals surface area contributed by atoms with Gasteiger partial charge in [0.2, 0.25) is 5.91 Å². The van der Waals surface area contributed by atoms with Gasteiger partial charge in [0.25, 0.3) is 0 Å². The number of carbonyl (C=O) groups is 1. The Morgan fingerprint density at radius 2 is 1.62 bits per heavy atom. The van der Waals surface area contributed by atoms with E-state index in [4.69, 9.17) is 0 Å². The molecule has 0 spiro atoms. The molecule has 0 bridgehead atoms. The SMILES string of the molecule is CCCCCCCCCCCC(=O)N1CCC(C)C(Br)C1. The molecule has 0 aromatic rings. The first kappa shape index (κ1) is 19.0. The highest BCUT2D eigenvalue weighted by Gasteiger charge is 2.26. The lowest BCUT2D eigenvalue weighted by molar-refractivity contribution is -0.132. The lowest BCUT2D eigenvalue weighted by atomic mass is 9.98. The molecule has 0 N–H and O–H groups in total. The summed E-state index contributed by atoms with van der Waals surface area (Å²) in [7, 11) is 0. The normalized spacial score (nSPS) is 22.5. The number of likely N-dealkylation sites (tertiary alicyclic amines) is 1. The molecule has 2 unspecified atom stereocenters. The molecule has 21 heavy (non-hydrogen) atoms. The molecular formula is C18H34BrNO. The Hall–Kier alpha value is -0.0500. The Balaban J connectivity index is 1.96. The average molecular weight is 360 g/mol. The summed E-state index contributed by atoms with van der Waals surface area (Å²) < 4.78 is 0. The molecule has 0 aromatic carbocycles. The number of hydrogen-bond acceptors (Lipinski definition) is 1. The molecule has 2 nitrogen and oxygen atoms in total. The fraction of sp³-hybridized carbons (Fsp3) is 0.944. The maximum Gasteiger partial charge on any atom is 0.222 e. The molecule has 1 aliphatic heterocycles. The zero-order valence-corrected chi connectivity index (χ0v) is 15.7. The van der Waals surface area contributed by atoms with Crippen molar-refractivity contribution < 1.29 is 4.79 Å². The summed E-state index contributed by atoms with van der Waals surface area (Å²) in [5, 5.41) is 0. The number of amides is 1. The van der Waals surface area contributed by atoms with Crippen LogP contribution in [0.3, 0.4) is 0 Å². The van der Waals surface area contributed by atoms with Crippen LogP contribution >= 0.6 is 15.9 Å². The molecule has 3 heteroatoms. The molecule has 1 saturated heterocycles. The second-order valence-corrected chi connectivity index (χ2v) is 7.88. The van der Waals surface area contributed by atoms with Crippen LogP contribution in [-0.4, -0.2) is 28.7 Å². The molecule has 1 fully saturated rings. The zero-order valence-electron chi connectivity index (χ0n) is 14.1. The van der Waals surface area contributed by atoms with E-state index in [2.05, 4.69) is 34.7 Å². The second kappa shape index (κ2) is 11.5.